The summed E-state index contributed by atoms with van der Waals surface area (Å²) < 4.78 is 17.9. The Bertz CT molecular complexity index is 1380. The number of methoxy groups -OCH3 is 1. The van der Waals surface area contributed by atoms with Crippen molar-refractivity contribution < 1.29 is 19.0 Å². The van der Waals surface area contributed by atoms with Gasteiger partial charge in [0.05, 0.1) is 23.8 Å². The fraction of sp³-hybridized carbons (Fsp3) is 0.182. The van der Waals surface area contributed by atoms with Crippen molar-refractivity contribution in [3.63, 3.8) is 0 Å². The maximum absolute atomic E-state index is 12.9. The van der Waals surface area contributed by atoms with E-state index in [-0.39, 0.29) is 5.56 Å². The number of hydrogen-bond acceptors (Lipinski definition) is 8. The summed E-state index contributed by atoms with van der Waals surface area (Å²) in [5.74, 6) is 1.44. The van der Waals surface area contributed by atoms with Crippen LogP contribution < -0.4 is 24.3 Å². The molecular weight excluding hydrogens is 418 g/mol. The molecule has 4 rings (SSSR count). The van der Waals surface area contributed by atoms with Crippen LogP contribution in [-0.2, 0) is 4.79 Å². The Morgan fingerprint density at radius 1 is 1.16 bits per heavy atom. The third-order valence-electron chi connectivity index (χ3n) is 4.35. The molecule has 0 atom stereocenters. The molecule has 4 aromatic rings. The lowest BCUT2D eigenvalue weighted by Crippen LogP contribution is -2.23. The van der Waals surface area contributed by atoms with Gasteiger partial charge in [-0.25, -0.2) is 0 Å². The summed E-state index contributed by atoms with van der Waals surface area (Å²) in [5.41, 5.74) is 1.05. The number of benzene rings is 2. The molecule has 0 aliphatic heterocycles. The number of carbonyl (C=O) groups excluding carboxylic acids is 1. The molecule has 0 radical (unpaired) electrons. The molecule has 0 bridgehead atoms. The van der Waals surface area contributed by atoms with Gasteiger partial charge in [-0.05, 0) is 42.8 Å². The standard InChI is InChI=1S/C22H19N3O5S/c1-4-29-17-10-9-14(11-18(17)28-3)12-19-21(27)25-22(31-19)23-20(24-25)15-7-5-6-8-16(15)30-13(2)26/h5-12H,4H2,1-3H3/b19-12+. The van der Waals surface area contributed by atoms with Gasteiger partial charge >= 0.3 is 5.97 Å². The van der Waals surface area contributed by atoms with Crippen LogP contribution in [-0.4, -0.2) is 34.3 Å². The van der Waals surface area contributed by atoms with E-state index >= 15 is 0 Å². The number of rotatable bonds is 6. The molecule has 31 heavy (non-hydrogen) atoms. The number of hydrogen-bond donors (Lipinski definition) is 0. The van der Waals surface area contributed by atoms with Crippen LogP contribution in [0.3, 0.4) is 0 Å². The summed E-state index contributed by atoms with van der Waals surface area (Å²) in [6, 6.07) is 12.4. The van der Waals surface area contributed by atoms with Crippen LogP contribution in [0, 0.1) is 0 Å². The molecule has 0 N–H and O–H groups in total. The summed E-state index contributed by atoms with van der Waals surface area (Å²) in [4.78, 5) is 29.1. The van der Waals surface area contributed by atoms with Gasteiger partial charge in [0.15, 0.2) is 17.3 Å². The first-order chi connectivity index (χ1) is 15.0. The second-order valence-electron chi connectivity index (χ2n) is 6.48. The van der Waals surface area contributed by atoms with Crippen molar-refractivity contribution in [2.45, 2.75) is 13.8 Å². The van der Waals surface area contributed by atoms with Crippen LogP contribution in [0.1, 0.15) is 19.4 Å². The lowest BCUT2D eigenvalue weighted by atomic mass is 10.2. The second kappa shape index (κ2) is 8.57. The first kappa shape index (κ1) is 20.5. The summed E-state index contributed by atoms with van der Waals surface area (Å²) in [5, 5.41) is 4.33. The quantitative estimate of drug-likeness (QED) is 0.338. The number of ether oxygens (including phenoxy) is 3. The van der Waals surface area contributed by atoms with Crippen molar-refractivity contribution in [3.8, 4) is 28.6 Å². The number of esters is 1. The fourth-order valence-corrected chi connectivity index (χ4v) is 3.95. The molecule has 8 nitrogen and oxygen atoms in total. The van der Waals surface area contributed by atoms with Crippen LogP contribution in [0.4, 0.5) is 0 Å². The first-order valence-electron chi connectivity index (χ1n) is 9.50. The Hall–Kier alpha value is -3.72. The topological polar surface area (TPSA) is 92.0 Å². The molecule has 0 aliphatic rings. The minimum Gasteiger partial charge on any atom is -0.493 e. The monoisotopic (exact) mass is 437 g/mol. The van der Waals surface area contributed by atoms with E-state index in [0.29, 0.717) is 44.7 Å². The predicted octanol–water partition coefficient (Wildman–Crippen LogP) is 2.70. The van der Waals surface area contributed by atoms with Crippen molar-refractivity contribution in [2.24, 2.45) is 0 Å². The van der Waals surface area contributed by atoms with Gasteiger partial charge in [0.1, 0.15) is 5.75 Å². The smallest absolute Gasteiger partial charge is 0.308 e. The summed E-state index contributed by atoms with van der Waals surface area (Å²) in [6.07, 6.45) is 1.76. The van der Waals surface area contributed by atoms with Gasteiger partial charge in [-0.3, -0.25) is 9.59 Å². The van der Waals surface area contributed by atoms with Crippen LogP contribution in [0.15, 0.2) is 47.3 Å². The van der Waals surface area contributed by atoms with Gasteiger partial charge in [-0.1, -0.05) is 29.5 Å². The number of carbonyl (C=O) groups is 1. The maximum Gasteiger partial charge on any atom is 0.308 e. The van der Waals surface area contributed by atoms with Crippen molar-refractivity contribution >= 4 is 28.3 Å². The van der Waals surface area contributed by atoms with Crippen LogP contribution in [0.25, 0.3) is 22.4 Å². The zero-order chi connectivity index (χ0) is 22.0. The number of thiazole rings is 1. The average Bonchev–Trinajstić information content (AvgIpc) is 3.28. The molecule has 2 aromatic carbocycles. The highest BCUT2D eigenvalue weighted by molar-refractivity contribution is 7.15. The molecule has 0 unspecified atom stereocenters. The number of fused-ring (bicyclic) bond motifs is 1. The molecule has 0 amide bonds. The molecule has 0 saturated carbocycles. The number of aromatic nitrogens is 3. The average molecular weight is 437 g/mol. The third kappa shape index (κ3) is 4.13. The Kier molecular flexibility index (Phi) is 5.68. The summed E-state index contributed by atoms with van der Waals surface area (Å²) in [6.45, 7) is 3.75. The molecule has 158 valence electrons. The van der Waals surface area contributed by atoms with Gasteiger partial charge < -0.3 is 14.2 Å². The van der Waals surface area contributed by atoms with Gasteiger partial charge in [0.25, 0.3) is 5.56 Å². The summed E-state index contributed by atoms with van der Waals surface area (Å²) in [7, 11) is 1.57. The van der Waals surface area contributed by atoms with Gasteiger partial charge in [-0.15, -0.1) is 5.10 Å². The zero-order valence-corrected chi connectivity index (χ0v) is 17.9. The molecular formula is C22H19N3O5S. The number of nitrogens with zero attached hydrogens (tertiary/aromatic N) is 3. The highest BCUT2D eigenvalue weighted by atomic mass is 32.1. The third-order valence-corrected chi connectivity index (χ3v) is 5.31. The Balaban J connectivity index is 1.74. The molecule has 2 aromatic heterocycles. The Morgan fingerprint density at radius 3 is 2.68 bits per heavy atom. The van der Waals surface area contributed by atoms with E-state index in [2.05, 4.69) is 10.1 Å². The number of para-hydroxylation sites is 1. The fourth-order valence-electron chi connectivity index (χ4n) is 3.04. The molecule has 0 saturated heterocycles. The first-order valence-corrected chi connectivity index (χ1v) is 10.3. The Labute approximate surface area is 181 Å². The van der Waals surface area contributed by atoms with E-state index in [9.17, 15) is 9.59 Å². The minimum absolute atomic E-state index is 0.281. The van der Waals surface area contributed by atoms with Crippen molar-refractivity contribution in [1.82, 2.24) is 14.6 Å². The minimum atomic E-state index is -0.444. The normalized spacial score (nSPS) is 11.6. The van der Waals surface area contributed by atoms with E-state index in [1.54, 1.807) is 49.6 Å². The highest BCUT2D eigenvalue weighted by Gasteiger charge is 2.16. The van der Waals surface area contributed by atoms with E-state index < -0.39 is 5.97 Å². The molecule has 9 heteroatoms. The van der Waals surface area contributed by atoms with Gasteiger partial charge in [0.2, 0.25) is 4.96 Å². The largest absolute Gasteiger partial charge is 0.493 e. The predicted molar refractivity (Wildman–Crippen MR) is 117 cm³/mol. The van der Waals surface area contributed by atoms with Crippen molar-refractivity contribution in [2.75, 3.05) is 13.7 Å². The molecule has 0 spiro atoms. The second-order valence-corrected chi connectivity index (χ2v) is 7.49. The van der Waals surface area contributed by atoms with E-state index in [1.807, 2.05) is 13.0 Å². The van der Waals surface area contributed by atoms with Crippen molar-refractivity contribution in [1.29, 1.82) is 0 Å². The van der Waals surface area contributed by atoms with E-state index in [1.165, 1.54) is 22.8 Å². The van der Waals surface area contributed by atoms with Crippen LogP contribution in [0.2, 0.25) is 0 Å². The zero-order valence-electron chi connectivity index (χ0n) is 17.1. The van der Waals surface area contributed by atoms with Gasteiger partial charge in [0, 0.05) is 6.92 Å². The van der Waals surface area contributed by atoms with Gasteiger partial charge in [-0.2, -0.15) is 9.50 Å². The molecule has 0 fully saturated rings. The molecule has 2 heterocycles. The van der Waals surface area contributed by atoms with Crippen LogP contribution >= 0.6 is 11.3 Å². The van der Waals surface area contributed by atoms with E-state index in [0.717, 1.165) is 5.56 Å². The summed E-state index contributed by atoms with van der Waals surface area (Å²) >= 11 is 1.22. The lowest BCUT2D eigenvalue weighted by Gasteiger charge is -2.09. The Morgan fingerprint density at radius 2 is 1.97 bits per heavy atom. The maximum atomic E-state index is 12.9. The SMILES string of the molecule is CCOc1ccc(/C=c2/sc3nc(-c4ccccc4OC(C)=O)nn3c2=O)cc1OC. The van der Waals surface area contributed by atoms with Crippen LogP contribution in [0.5, 0.6) is 17.2 Å². The van der Waals surface area contributed by atoms with Crippen molar-refractivity contribution in [3.05, 3.63) is 62.9 Å². The lowest BCUT2D eigenvalue weighted by molar-refractivity contribution is -0.131. The van der Waals surface area contributed by atoms with E-state index in [4.69, 9.17) is 14.2 Å². The highest BCUT2D eigenvalue weighted by Crippen LogP contribution is 2.29. The molecule has 0 aliphatic carbocycles.